The molecule has 1 unspecified atom stereocenters. The summed E-state index contributed by atoms with van der Waals surface area (Å²) in [7, 11) is -1.52. The summed E-state index contributed by atoms with van der Waals surface area (Å²) in [6, 6.07) is 6.49. The Morgan fingerprint density at radius 1 is 1.32 bits per heavy atom. The largest absolute Gasteiger partial charge is 0.476 e. The highest BCUT2D eigenvalue weighted by Crippen LogP contribution is 2.25. The number of aromatic nitrogens is 1. The summed E-state index contributed by atoms with van der Waals surface area (Å²) >= 11 is 0. The fourth-order valence-electron chi connectivity index (χ4n) is 1.91. The van der Waals surface area contributed by atoms with Gasteiger partial charge in [-0.05, 0) is 24.6 Å². The van der Waals surface area contributed by atoms with Gasteiger partial charge in [-0.3, -0.25) is 0 Å². The van der Waals surface area contributed by atoms with Crippen molar-refractivity contribution in [3.63, 3.8) is 0 Å². The standard InChI is InChI=1S/C14H16N2O5S/c1-9(10-4-6-11(7-5-10)22(3,19)20)16(2)14-15-12(8-21-14)13(17)18/h4-9H,1-3H3,(H,17,18). The molecule has 8 heteroatoms. The van der Waals surface area contributed by atoms with Crippen molar-refractivity contribution >= 4 is 21.8 Å². The van der Waals surface area contributed by atoms with Crippen molar-refractivity contribution in [2.45, 2.75) is 17.9 Å². The van der Waals surface area contributed by atoms with Crippen LogP contribution in [0.4, 0.5) is 6.01 Å². The number of anilines is 1. The smallest absolute Gasteiger partial charge is 0.357 e. The first-order valence-corrected chi connectivity index (χ1v) is 8.31. The maximum absolute atomic E-state index is 11.4. The van der Waals surface area contributed by atoms with Gasteiger partial charge in [0.1, 0.15) is 6.26 Å². The first-order chi connectivity index (χ1) is 10.2. The SMILES string of the molecule is CC(c1ccc(S(C)(=O)=O)cc1)N(C)c1nc(C(=O)O)co1. The predicted molar refractivity (Wildman–Crippen MR) is 79.8 cm³/mol. The van der Waals surface area contributed by atoms with Crippen LogP contribution in [-0.2, 0) is 9.84 Å². The number of benzene rings is 1. The molecule has 0 aliphatic carbocycles. The Morgan fingerprint density at radius 3 is 2.36 bits per heavy atom. The van der Waals surface area contributed by atoms with E-state index in [2.05, 4.69) is 4.98 Å². The number of nitrogens with zero attached hydrogens (tertiary/aromatic N) is 2. The molecule has 1 aromatic heterocycles. The lowest BCUT2D eigenvalue weighted by molar-refractivity contribution is 0.0690. The highest BCUT2D eigenvalue weighted by atomic mass is 32.2. The average molecular weight is 324 g/mol. The molecule has 1 N–H and O–H groups in total. The zero-order valence-electron chi connectivity index (χ0n) is 12.3. The summed E-state index contributed by atoms with van der Waals surface area (Å²) in [6.45, 7) is 1.88. The minimum Gasteiger partial charge on any atom is -0.476 e. The highest BCUT2D eigenvalue weighted by Gasteiger charge is 2.19. The second-order valence-electron chi connectivity index (χ2n) is 4.95. The van der Waals surface area contributed by atoms with E-state index in [-0.39, 0.29) is 22.6 Å². The lowest BCUT2D eigenvalue weighted by Gasteiger charge is -2.23. The van der Waals surface area contributed by atoms with Crippen LogP contribution in [0.2, 0.25) is 0 Å². The zero-order valence-corrected chi connectivity index (χ0v) is 13.2. The van der Waals surface area contributed by atoms with Crippen LogP contribution >= 0.6 is 0 Å². The van der Waals surface area contributed by atoms with Gasteiger partial charge in [0, 0.05) is 13.3 Å². The molecule has 0 saturated carbocycles. The first kappa shape index (κ1) is 16.0. The minimum absolute atomic E-state index is 0.165. The van der Waals surface area contributed by atoms with E-state index in [9.17, 15) is 13.2 Å². The van der Waals surface area contributed by atoms with E-state index in [0.717, 1.165) is 18.1 Å². The van der Waals surface area contributed by atoms with E-state index in [1.165, 1.54) is 12.1 Å². The molecule has 22 heavy (non-hydrogen) atoms. The Hall–Kier alpha value is -2.35. The number of oxazole rings is 1. The van der Waals surface area contributed by atoms with Crippen LogP contribution in [0.5, 0.6) is 0 Å². The van der Waals surface area contributed by atoms with Crippen molar-refractivity contribution in [1.82, 2.24) is 4.98 Å². The van der Waals surface area contributed by atoms with E-state index in [0.29, 0.717) is 0 Å². The second-order valence-corrected chi connectivity index (χ2v) is 6.96. The highest BCUT2D eigenvalue weighted by molar-refractivity contribution is 7.90. The molecule has 2 rings (SSSR count). The van der Waals surface area contributed by atoms with Crippen molar-refractivity contribution in [2.75, 3.05) is 18.2 Å². The number of hydrogen-bond donors (Lipinski definition) is 1. The van der Waals surface area contributed by atoms with Gasteiger partial charge in [0.25, 0.3) is 6.01 Å². The van der Waals surface area contributed by atoms with Gasteiger partial charge in [0.05, 0.1) is 10.9 Å². The van der Waals surface area contributed by atoms with Crippen LogP contribution < -0.4 is 4.90 Å². The van der Waals surface area contributed by atoms with Crippen LogP contribution in [0.3, 0.4) is 0 Å². The Morgan fingerprint density at radius 2 is 1.91 bits per heavy atom. The predicted octanol–water partition coefficient (Wildman–Crippen LogP) is 1.97. The molecule has 0 aliphatic heterocycles. The maximum atomic E-state index is 11.4. The number of carboxylic acids is 1. The van der Waals surface area contributed by atoms with Gasteiger partial charge in [-0.15, -0.1) is 0 Å². The van der Waals surface area contributed by atoms with E-state index >= 15 is 0 Å². The molecule has 1 heterocycles. The maximum Gasteiger partial charge on any atom is 0.357 e. The van der Waals surface area contributed by atoms with E-state index in [4.69, 9.17) is 9.52 Å². The van der Waals surface area contributed by atoms with E-state index < -0.39 is 15.8 Å². The van der Waals surface area contributed by atoms with Crippen molar-refractivity contribution in [3.05, 3.63) is 41.8 Å². The van der Waals surface area contributed by atoms with Crippen molar-refractivity contribution < 1.29 is 22.7 Å². The molecule has 0 fully saturated rings. The lowest BCUT2D eigenvalue weighted by atomic mass is 10.1. The molecule has 0 amide bonds. The number of sulfone groups is 1. The molecule has 1 atom stereocenters. The second kappa shape index (κ2) is 5.80. The number of aromatic carboxylic acids is 1. The number of hydrogen-bond acceptors (Lipinski definition) is 6. The molecule has 0 aliphatic rings. The molecule has 7 nitrogen and oxygen atoms in total. The quantitative estimate of drug-likeness (QED) is 0.897. The molecular formula is C14H16N2O5S. The van der Waals surface area contributed by atoms with Crippen LogP contribution in [0.15, 0.2) is 39.8 Å². The van der Waals surface area contributed by atoms with Gasteiger partial charge in [0.15, 0.2) is 15.5 Å². The van der Waals surface area contributed by atoms with Crippen LogP contribution in [-0.4, -0.2) is 37.8 Å². The fraction of sp³-hybridized carbons (Fsp3) is 0.286. The van der Waals surface area contributed by atoms with Crippen LogP contribution in [0, 0.1) is 0 Å². The van der Waals surface area contributed by atoms with E-state index in [1.807, 2.05) is 6.92 Å². The lowest BCUT2D eigenvalue weighted by Crippen LogP contribution is -2.22. The third-order valence-corrected chi connectivity index (χ3v) is 4.51. The summed E-state index contributed by atoms with van der Waals surface area (Å²) in [5, 5.41) is 8.84. The molecule has 0 spiro atoms. The normalized spacial score (nSPS) is 12.9. The third-order valence-electron chi connectivity index (χ3n) is 3.38. The number of carbonyl (C=O) groups is 1. The molecule has 0 radical (unpaired) electrons. The number of rotatable bonds is 5. The monoisotopic (exact) mass is 324 g/mol. The molecule has 118 valence electrons. The average Bonchev–Trinajstić information content (AvgIpc) is 2.95. The summed E-state index contributed by atoms with van der Waals surface area (Å²) in [5.41, 5.74) is 0.687. The Bertz CT molecular complexity index is 780. The first-order valence-electron chi connectivity index (χ1n) is 6.42. The zero-order chi connectivity index (χ0) is 16.5. The minimum atomic E-state index is -3.23. The molecule has 0 saturated heterocycles. The van der Waals surface area contributed by atoms with Crippen molar-refractivity contribution in [2.24, 2.45) is 0 Å². The molecule has 0 bridgehead atoms. The van der Waals surface area contributed by atoms with Gasteiger partial charge < -0.3 is 14.4 Å². The van der Waals surface area contributed by atoms with Crippen LogP contribution in [0.1, 0.15) is 29.0 Å². The third kappa shape index (κ3) is 3.28. The van der Waals surface area contributed by atoms with Gasteiger partial charge in [-0.1, -0.05) is 12.1 Å². The van der Waals surface area contributed by atoms with Gasteiger partial charge in [-0.2, -0.15) is 4.98 Å². The topological polar surface area (TPSA) is 101 Å². The summed E-state index contributed by atoms with van der Waals surface area (Å²) in [4.78, 5) is 16.6. The molecule has 1 aromatic carbocycles. The van der Waals surface area contributed by atoms with Gasteiger partial charge >= 0.3 is 5.97 Å². The number of carboxylic acid groups (broad SMARTS) is 1. The van der Waals surface area contributed by atoms with Crippen LogP contribution in [0.25, 0.3) is 0 Å². The fourth-order valence-corrected chi connectivity index (χ4v) is 2.54. The summed E-state index contributed by atoms with van der Waals surface area (Å²) < 4.78 is 28.0. The van der Waals surface area contributed by atoms with Crippen molar-refractivity contribution in [1.29, 1.82) is 0 Å². The Labute approximate surface area is 128 Å². The van der Waals surface area contributed by atoms with E-state index in [1.54, 1.807) is 24.1 Å². The van der Waals surface area contributed by atoms with Gasteiger partial charge in [-0.25, -0.2) is 13.2 Å². The molecular weight excluding hydrogens is 308 g/mol. The Kier molecular flexibility index (Phi) is 4.23. The summed E-state index contributed by atoms with van der Waals surface area (Å²) in [6.07, 6.45) is 2.23. The molecule has 2 aromatic rings. The van der Waals surface area contributed by atoms with Crippen molar-refractivity contribution in [3.8, 4) is 0 Å². The summed E-state index contributed by atoms with van der Waals surface area (Å²) in [5.74, 6) is -1.16. The Balaban J connectivity index is 2.22. The van der Waals surface area contributed by atoms with Gasteiger partial charge in [0.2, 0.25) is 0 Å².